The monoisotopic (exact) mass is 281 g/mol. The molecular weight excluding hydrogens is 262 g/mol. The van der Waals surface area contributed by atoms with Gasteiger partial charge in [0.05, 0.1) is 5.56 Å². The van der Waals surface area contributed by atoms with Gasteiger partial charge in [0, 0.05) is 23.7 Å². The predicted octanol–water partition coefficient (Wildman–Crippen LogP) is 3.80. The Bertz CT molecular complexity index is 475. The number of rotatable bonds is 4. The molecule has 1 heterocycles. The largest absolute Gasteiger partial charge is 0.478 e. The maximum Gasteiger partial charge on any atom is 0.335 e. The standard InChI is InChI=1S/C15H20ClNO2/c1-3-13-7-4-10(2)17(13)9-12-6-5-11(15(18)19)8-14(12)16/h5-6,8,10,13H,3-4,7,9H2,1-2H3,(H,18,19). The minimum Gasteiger partial charge on any atom is -0.478 e. The Morgan fingerprint density at radius 1 is 1.47 bits per heavy atom. The van der Waals surface area contributed by atoms with E-state index in [9.17, 15) is 4.79 Å². The summed E-state index contributed by atoms with van der Waals surface area (Å²) in [4.78, 5) is 13.4. The fourth-order valence-electron chi connectivity index (χ4n) is 2.85. The van der Waals surface area contributed by atoms with Crippen LogP contribution in [0.3, 0.4) is 0 Å². The van der Waals surface area contributed by atoms with Crippen molar-refractivity contribution in [1.82, 2.24) is 4.90 Å². The van der Waals surface area contributed by atoms with Gasteiger partial charge in [0.15, 0.2) is 0 Å². The molecule has 1 aliphatic rings. The summed E-state index contributed by atoms with van der Waals surface area (Å²) in [5.74, 6) is -0.936. The number of aromatic carboxylic acids is 1. The van der Waals surface area contributed by atoms with E-state index in [0.29, 0.717) is 17.1 Å². The minimum atomic E-state index is -0.936. The summed E-state index contributed by atoms with van der Waals surface area (Å²) in [6, 6.07) is 6.20. The molecule has 0 aliphatic carbocycles. The molecular formula is C15H20ClNO2. The van der Waals surface area contributed by atoms with Crippen LogP contribution in [0, 0.1) is 0 Å². The molecule has 2 atom stereocenters. The van der Waals surface area contributed by atoms with Crippen LogP contribution >= 0.6 is 11.6 Å². The van der Waals surface area contributed by atoms with E-state index >= 15 is 0 Å². The van der Waals surface area contributed by atoms with Gasteiger partial charge in [-0.25, -0.2) is 4.79 Å². The summed E-state index contributed by atoms with van der Waals surface area (Å²) in [5.41, 5.74) is 1.26. The molecule has 2 rings (SSSR count). The SMILES string of the molecule is CCC1CCC(C)N1Cc1ccc(C(=O)O)cc1Cl. The molecule has 104 valence electrons. The number of hydrogen-bond donors (Lipinski definition) is 1. The van der Waals surface area contributed by atoms with E-state index in [-0.39, 0.29) is 5.56 Å². The molecule has 1 aliphatic heterocycles. The second-order valence-corrected chi connectivity index (χ2v) is 5.68. The van der Waals surface area contributed by atoms with Gasteiger partial charge in [0.25, 0.3) is 0 Å². The Hall–Kier alpha value is -1.06. The van der Waals surface area contributed by atoms with Crippen molar-refractivity contribution in [3.8, 4) is 0 Å². The molecule has 1 aromatic carbocycles. The average Bonchev–Trinajstić information content (AvgIpc) is 2.72. The van der Waals surface area contributed by atoms with Crippen LogP contribution in [0.5, 0.6) is 0 Å². The van der Waals surface area contributed by atoms with Gasteiger partial charge >= 0.3 is 5.97 Å². The van der Waals surface area contributed by atoms with Crippen molar-refractivity contribution < 1.29 is 9.90 Å². The Morgan fingerprint density at radius 2 is 2.21 bits per heavy atom. The first-order valence-electron chi connectivity index (χ1n) is 6.80. The smallest absolute Gasteiger partial charge is 0.335 e. The molecule has 1 N–H and O–H groups in total. The van der Waals surface area contributed by atoms with E-state index in [0.717, 1.165) is 18.5 Å². The molecule has 19 heavy (non-hydrogen) atoms. The summed E-state index contributed by atoms with van der Waals surface area (Å²) < 4.78 is 0. The van der Waals surface area contributed by atoms with E-state index in [1.807, 2.05) is 6.07 Å². The van der Waals surface area contributed by atoms with Crippen molar-refractivity contribution in [2.24, 2.45) is 0 Å². The van der Waals surface area contributed by atoms with Crippen LogP contribution in [0.2, 0.25) is 5.02 Å². The third-order valence-corrected chi connectivity index (χ3v) is 4.43. The van der Waals surface area contributed by atoms with Gasteiger partial charge in [-0.3, -0.25) is 4.90 Å². The fourth-order valence-corrected chi connectivity index (χ4v) is 3.09. The van der Waals surface area contributed by atoms with Crippen LogP contribution in [-0.2, 0) is 6.54 Å². The van der Waals surface area contributed by atoms with Gasteiger partial charge in [-0.15, -0.1) is 0 Å². The van der Waals surface area contributed by atoms with Crippen LogP contribution < -0.4 is 0 Å². The van der Waals surface area contributed by atoms with E-state index in [4.69, 9.17) is 16.7 Å². The van der Waals surface area contributed by atoms with Crippen molar-refractivity contribution in [2.75, 3.05) is 0 Å². The second kappa shape index (κ2) is 5.93. The van der Waals surface area contributed by atoms with Gasteiger partial charge < -0.3 is 5.11 Å². The molecule has 3 nitrogen and oxygen atoms in total. The maximum atomic E-state index is 10.9. The van der Waals surface area contributed by atoms with Crippen molar-refractivity contribution in [3.63, 3.8) is 0 Å². The minimum absolute atomic E-state index is 0.246. The Labute approximate surface area is 119 Å². The van der Waals surface area contributed by atoms with Crippen molar-refractivity contribution in [3.05, 3.63) is 34.3 Å². The second-order valence-electron chi connectivity index (χ2n) is 5.27. The van der Waals surface area contributed by atoms with Crippen LogP contribution in [0.1, 0.15) is 49.0 Å². The molecule has 0 saturated carbocycles. The Morgan fingerprint density at radius 3 is 2.79 bits per heavy atom. The van der Waals surface area contributed by atoms with Gasteiger partial charge in [-0.2, -0.15) is 0 Å². The van der Waals surface area contributed by atoms with E-state index < -0.39 is 5.97 Å². The molecule has 0 aromatic heterocycles. The molecule has 0 radical (unpaired) electrons. The third-order valence-electron chi connectivity index (χ3n) is 4.08. The normalized spacial score (nSPS) is 23.7. The van der Waals surface area contributed by atoms with Crippen LogP contribution in [0.25, 0.3) is 0 Å². The third kappa shape index (κ3) is 3.10. The maximum absolute atomic E-state index is 10.9. The Kier molecular flexibility index (Phi) is 4.48. The number of benzene rings is 1. The zero-order chi connectivity index (χ0) is 14.0. The van der Waals surface area contributed by atoms with Crippen LogP contribution in [0.4, 0.5) is 0 Å². The quantitative estimate of drug-likeness (QED) is 0.912. The molecule has 0 bridgehead atoms. The van der Waals surface area contributed by atoms with Gasteiger partial charge in [0.2, 0.25) is 0 Å². The number of hydrogen-bond acceptors (Lipinski definition) is 2. The number of halogens is 1. The highest BCUT2D eigenvalue weighted by atomic mass is 35.5. The lowest BCUT2D eigenvalue weighted by molar-refractivity contribution is 0.0697. The average molecular weight is 282 g/mol. The highest BCUT2D eigenvalue weighted by Gasteiger charge is 2.29. The first-order valence-corrected chi connectivity index (χ1v) is 7.18. The highest BCUT2D eigenvalue weighted by molar-refractivity contribution is 6.31. The van der Waals surface area contributed by atoms with E-state index in [1.165, 1.54) is 12.8 Å². The molecule has 0 amide bonds. The first kappa shape index (κ1) is 14.4. The number of carbonyl (C=O) groups is 1. The lowest BCUT2D eigenvalue weighted by Gasteiger charge is -2.28. The van der Waals surface area contributed by atoms with Crippen LogP contribution in [-0.4, -0.2) is 28.1 Å². The molecule has 1 saturated heterocycles. The lowest BCUT2D eigenvalue weighted by atomic mass is 10.1. The lowest BCUT2D eigenvalue weighted by Crippen LogP contribution is -2.33. The van der Waals surface area contributed by atoms with Gasteiger partial charge in [0.1, 0.15) is 0 Å². The van der Waals surface area contributed by atoms with Crippen molar-refractivity contribution in [1.29, 1.82) is 0 Å². The van der Waals surface area contributed by atoms with E-state index in [2.05, 4.69) is 18.7 Å². The van der Waals surface area contributed by atoms with Crippen LogP contribution in [0.15, 0.2) is 18.2 Å². The molecule has 1 fully saturated rings. The number of carboxylic acids is 1. The molecule has 2 unspecified atom stereocenters. The first-order chi connectivity index (χ1) is 9.02. The zero-order valence-corrected chi connectivity index (χ0v) is 12.2. The zero-order valence-electron chi connectivity index (χ0n) is 11.4. The predicted molar refractivity (Wildman–Crippen MR) is 76.7 cm³/mol. The van der Waals surface area contributed by atoms with Crippen molar-refractivity contribution in [2.45, 2.75) is 51.7 Å². The van der Waals surface area contributed by atoms with E-state index in [1.54, 1.807) is 12.1 Å². The number of likely N-dealkylation sites (tertiary alicyclic amines) is 1. The summed E-state index contributed by atoms with van der Waals surface area (Å²) in [6.07, 6.45) is 3.61. The summed E-state index contributed by atoms with van der Waals surface area (Å²) in [7, 11) is 0. The molecule has 4 heteroatoms. The van der Waals surface area contributed by atoms with Gasteiger partial charge in [-0.05, 0) is 43.9 Å². The number of carboxylic acid groups (broad SMARTS) is 1. The Balaban J connectivity index is 2.17. The summed E-state index contributed by atoms with van der Waals surface area (Å²) in [6.45, 7) is 5.26. The highest BCUT2D eigenvalue weighted by Crippen LogP contribution is 2.29. The topological polar surface area (TPSA) is 40.5 Å². The summed E-state index contributed by atoms with van der Waals surface area (Å²) in [5, 5.41) is 9.49. The molecule has 0 spiro atoms. The summed E-state index contributed by atoms with van der Waals surface area (Å²) >= 11 is 6.20. The van der Waals surface area contributed by atoms with Crippen molar-refractivity contribution >= 4 is 17.6 Å². The molecule has 1 aromatic rings. The number of nitrogens with zero attached hydrogens (tertiary/aromatic N) is 1. The fraction of sp³-hybridized carbons (Fsp3) is 0.533. The van der Waals surface area contributed by atoms with Gasteiger partial charge in [-0.1, -0.05) is 24.6 Å².